The van der Waals surface area contributed by atoms with Crippen molar-refractivity contribution in [3.05, 3.63) is 69.5 Å². The summed E-state index contributed by atoms with van der Waals surface area (Å²) < 4.78 is 19.6. The van der Waals surface area contributed by atoms with Gasteiger partial charge < -0.3 is 19.9 Å². The summed E-state index contributed by atoms with van der Waals surface area (Å²) in [6.45, 7) is 2.67. The lowest BCUT2D eigenvalue weighted by atomic mass is 10.0. The molecule has 0 bridgehead atoms. The third-order valence-electron chi connectivity index (χ3n) is 5.41. The summed E-state index contributed by atoms with van der Waals surface area (Å²) in [6, 6.07) is 3.87. The van der Waals surface area contributed by atoms with E-state index in [0.29, 0.717) is 37.6 Å². The Morgan fingerprint density at radius 2 is 1.80 bits per heavy atom. The molecule has 0 saturated carbocycles. The molecule has 4 rings (SSSR count). The summed E-state index contributed by atoms with van der Waals surface area (Å²) >= 11 is 11.7. The van der Waals surface area contributed by atoms with Gasteiger partial charge in [-0.1, -0.05) is 23.2 Å². The predicted molar refractivity (Wildman–Crippen MR) is 128 cm³/mol. The van der Waals surface area contributed by atoms with Gasteiger partial charge in [-0.15, -0.1) is 0 Å². The van der Waals surface area contributed by atoms with Crippen LogP contribution in [0.3, 0.4) is 0 Å². The van der Waals surface area contributed by atoms with Crippen molar-refractivity contribution < 1.29 is 23.5 Å². The maximum absolute atomic E-state index is 14.3. The molecule has 35 heavy (non-hydrogen) atoms. The summed E-state index contributed by atoms with van der Waals surface area (Å²) in [6.07, 6.45) is 5.47. The number of rotatable bonds is 6. The molecule has 0 spiro atoms. The molecule has 2 N–H and O–H groups in total. The van der Waals surface area contributed by atoms with Crippen LogP contribution in [0.4, 0.5) is 16.0 Å². The van der Waals surface area contributed by atoms with Crippen molar-refractivity contribution in [2.45, 2.75) is 25.9 Å². The zero-order valence-electron chi connectivity index (χ0n) is 18.5. The fraction of sp³-hybridized carbons (Fsp3) is 0.261. The number of carbonyl (C=O) groups excluding carboxylic acids is 3. The summed E-state index contributed by atoms with van der Waals surface area (Å²) in [4.78, 5) is 49.7. The van der Waals surface area contributed by atoms with Gasteiger partial charge in [0.1, 0.15) is 11.8 Å². The van der Waals surface area contributed by atoms with E-state index >= 15 is 0 Å². The van der Waals surface area contributed by atoms with Gasteiger partial charge in [-0.2, -0.15) is 0 Å². The number of aromatic amines is 1. The van der Waals surface area contributed by atoms with Crippen LogP contribution < -0.4 is 10.2 Å². The Morgan fingerprint density at radius 3 is 2.46 bits per heavy atom. The molecule has 0 unspecified atom stereocenters. The van der Waals surface area contributed by atoms with Crippen LogP contribution in [-0.2, 0) is 9.53 Å². The summed E-state index contributed by atoms with van der Waals surface area (Å²) in [5.41, 5.74) is 0.0939. The average Bonchev–Trinajstić information content (AvgIpc) is 3.33. The van der Waals surface area contributed by atoms with E-state index < -0.39 is 17.5 Å². The second-order valence-corrected chi connectivity index (χ2v) is 8.69. The number of ether oxygens (including phenoxy) is 1. The molecule has 1 fully saturated rings. The van der Waals surface area contributed by atoms with E-state index in [4.69, 9.17) is 27.9 Å². The number of hydrogen-bond acceptors (Lipinski definition) is 7. The lowest BCUT2D eigenvalue weighted by Crippen LogP contribution is -2.38. The number of H-pyrrole nitrogens is 1. The fourth-order valence-electron chi connectivity index (χ4n) is 3.69. The number of esters is 1. The van der Waals surface area contributed by atoms with Crippen molar-refractivity contribution in [1.29, 1.82) is 0 Å². The first-order chi connectivity index (χ1) is 16.7. The number of nitrogens with zero attached hydrogens (tertiary/aromatic N) is 3. The third kappa shape index (κ3) is 5.60. The van der Waals surface area contributed by atoms with Crippen LogP contribution in [0.1, 0.15) is 46.2 Å². The van der Waals surface area contributed by atoms with E-state index in [-0.39, 0.29) is 38.9 Å². The minimum atomic E-state index is -0.927. The quantitative estimate of drug-likeness (QED) is 0.283. The maximum Gasteiger partial charge on any atom is 0.302 e. The minimum Gasteiger partial charge on any atom is -0.462 e. The van der Waals surface area contributed by atoms with Crippen molar-refractivity contribution in [3.8, 4) is 0 Å². The molecule has 1 aliphatic heterocycles. The molecule has 0 radical (unpaired) electrons. The van der Waals surface area contributed by atoms with Gasteiger partial charge in [0, 0.05) is 44.6 Å². The standard InChI is InChI=1S/C23H20Cl2FN5O4/c1-12(32)35-15-4-6-31(7-5-15)23-28-10-14(11-29-23)30-22(34)18-8-13(9-27-18)21(33)19-16(24)2-3-17(25)20(19)26/h2-3,8-11,15,27H,4-7H2,1H3,(H,30,34). The lowest BCUT2D eigenvalue weighted by molar-refractivity contribution is -0.147. The number of nitrogens with one attached hydrogen (secondary N) is 2. The first kappa shape index (κ1) is 24.6. The number of carbonyl (C=O) groups is 3. The number of piperidine rings is 1. The zero-order chi connectivity index (χ0) is 25.1. The number of ketones is 1. The van der Waals surface area contributed by atoms with Crippen molar-refractivity contribution in [2.75, 3.05) is 23.3 Å². The largest absolute Gasteiger partial charge is 0.462 e. The molecule has 3 aromatic rings. The van der Waals surface area contributed by atoms with Crippen molar-refractivity contribution in [1.82, 2.24) is 15.0 Å². The van der Waals surface area contributed by atoms with Crippen LogP contribution in [0.5, 0.6) is 0 Å². The van der Waals surface area contributed by atoms with Crippen LogP contribution in [0.15, 0.2) is 36.8 Å². The van der Waals surface area contributed by atoms with Gasteiger partial charge in [0.05, 0.1) is 33.7 Å². The second kappa shape index (κ2) is 10.4. The van der Waals surface area contributed by atoms with Crippen molar-refractivity contribution in [2.24, 2.45) is 0 Å². The number of anilines is 2. The van der Waals surface area contributed by atoms with Crippen LogP contribution >= 0.6 is 23.2 Å². The fourth-order valence-corrected chi connectivity index (χ4v) is 4.08. The van der Waals surface area contributed by atoms with E-state index in [1.54, 1.807) is 0 Å². The van der Waals surface area contributed by atoms with E-state index in [1.807, 2.05) is 4.90 Å². The number of hydrogen-bond donors (Lipinski definition) is 2. The van der Waals surface area contributed by atoms with Gasteiger partial charge in [-0.05, 0) is 18.2 Å². The smallest absolute Gasteiger partial charge is 0.302 e. The molecule has 1 aliphatic rings. The Hall–Kier alpha value is -3.50. The van der Waals surface area contributed by atoms with Gasteiger partial charge in [0.25, 0.3) is 5.91 Å². The zero-order valence-corrected chi connectivity index (χ0v) is 20.0. The Kier molecular flexibility index (Phi) is 7.32. The molecule has 1 amide bonds. The third-order valence-corrected chi connectivity index (χ3v) is 6.02. The van der Waals surface area contributed by atoms with Gasteiger partial charge in [-0.25, -0.2) is 14.4 Å². The topological polar surface area (TPSA) is 117 Å². The molecule has 9 nitrogen and oxygen atoms in total. The number of aromatic nitrogens is 3. The Balaban J connectivity index is 1.38. The van der Waals surface area contributed by atoms with E-state index in [1.165, 1.54) is 43.7 Å². The Labute approximate surface area is 209 Å². The van der Waals surface area contributed by atoms with Gasteiger partial charge in [-0.3, -0.25) is 14.4 Å². The summed E-state index contributed by atoms with van der Waals surface area (Å²) in [5.74, 6) is -1.98. The Morgan fingerprint density at radius 1 is 1.14 bits per heavy atom. The average molecular weight is 520 g/mol. The van der Waals surface area contributed by atoms with Crippen LogP contribution in [0, 0.1) is 5.82 Å². The second-order valence-electron chi connectivity index (χ2n) is 7.87. The highest BCUT2D eigenvalue weighted by Crippen LogP contribution is 2.28. The highest BCUT2D eigenvalue weighted by molar-refractivity contribution is 6.37. The Bertz CT molecular complexity index is 1270. The first-order valence-corrected chi connectivity index (χ1v) is 11.4. The summed E-state index contributed by atoms with van der Waals surface area (Å²) in [7, 11) is 0. The molecule has 3 heterocycles. The monoisotopic (exact) mass is 519 g/mol. The van der Waals surface area contributed by atoms with Crippen molar-refractivity contribution >= 4 is 52.5 Å². The highest BCUT2D eigenvalue weighted by atomic mass is 35.5. The predicted octanol–water partition coefficient (Wildman–Crippen LogP) is 4.27. The summed E-state index contributed by atoms with van der Waals surface area (Å²) in [5, 5.41) is 2.32. The van der Waals surface area contributed by atoms with E-state index in [0.717, 1.165) is 0 Å². The minimum absolute atomic E-state index is 0.0435. The normalized spacial score (nSPS) is 14.0. The van der Waals surface area contributed by atoms with E-state index in [2.05, 4.69) is 20.3 Å². The maximum atomic E-state index is 14.3. The van der Waals surface area contributed by atoms with Gasteiger partial charge in [0.2, 0.25) is 5.95 Å². The SMILES string of the molecule is CC(=O)OC1CCN(c2ncc(NC(=O)c3cc(C(=O)c4c(Cl)ccc(Cl)c4F)c[nH]3)cn2)CC1. The van der Waals surface area contributed by atoms with Crippen LogP contribution in [0.2, 0.25) is 10.0 Å². The van der Waals surface area contributed by atoms with E-state index in [9.17, 15) is 18.8 Å². The molecule has 2 aromatic heterocycles. The molecular formula is C23H20Cl2FN5O4. The van der Waals surface area contributed by atoms with Gasteiger partial charge >= 0.3 is 5.97 Å². The molecule has 12 heteroatoms. The molecule has 0 atom stereocenters. The van der Waals surface area contributed by atoms with Crippen LogP contribution in [0.25, 0.3) is 0 Å². The molecule has 1 aromatic carbocycles. The number of halogens is 3. The molecule has 182 valence electrons. The highest BCUT2D eigenvalue weighted by Gasteiger charge is 2.24. The molecule has 1 saturated heterocycles. The number of amides is 1. The van der Waals surface area contributed by atoms with Crippen LogP contribution in [-0.4, -0.2) is 51.8 Å². The number of benzene rings is 1. The lowest BCUT2D eigenvalue weighted by Gasteiger charge is -2.31. The molecular weight excluding hydrogens is 500 g/mol. The molecule has 0 aliphatic carbocycles. The van der Waals surface area contributed by atoms with Gasteiger partial charge in [0.15, 0.2) is 11.6 Å². The first-order valence-electron chi connectivity index (χ1n) is 10.6. The van der Waals surface area contributed by atoms with Crippen molar-refractivity contribution in [3.63, 3.8) is 0 Å².